The van der Waals surface area contributed by atoms with Gasteiger partial charge in [-0.05, 0) is 29.8 Å². The average Bonchev–Trinajstić information content (AvgIpc) is 2.68. The summed E-state index contributed by atoms with van der Waals surface area (Å²) in [6, 6.07) is 3.60. The van der Waals surface area contributed by atoms with Crippen molar-refractivity contribution in [3.05, 3.63) is 33.6 Å². The van der Waals surface area contributed by atoms with Gasteiger partial charge in [0.2, 0.25) is 0 Å². The summed E-state index contributed by atoms with van der Waals surface area (Å²) in [5, 5.41) is 16.1. The van der Waals surface area contributed by atoms with E-state index in [0.29, 0.717) is 22.4 Å². The van der Waals surface area contributed by atoms with E-state index in [2.05, 4.69) is 20.7 Å². The Hall–Kier alpha value is -1.33. The van der Waals surface area contributed by atoms with Crippen molar-refractivity contribution in [3.8, 4) is 0 Å². The van der Waals surface area contributed by atoms with Crippen LogP contribution in [0.15, 0.2) is 12.1 Å². The van der Waals surface area contributed by atoms with E-state index in [-0.39, 0.29) is 0 Å². The van der Waals surface area contributed by atoms with E-state index in [4.69, 9.17) is 23.2 Å². The Morgan fingerprint density at radius 3 is 2.71 bits per heavy atom. The maximum Gasteiger partial charge on any atom is 0.193 e. The molecule has 0 saturated carbocycles. The molecule has 1 heterocycles. The van der Waals surface area contributed by atoms with Crippen LogP contribution in [0, 0.1) is 6.92 Å². The van der Waals surface area contributed by atoms with Crippen LogP contribution in [-0.4, -0.2) is 20.2 Å². The van der Waals surface area contributed by atoms with Crippen LogP contribution in [-0.2, 0) is 13.6 Å². The van der Waals surface area contributed by atoms with Crippen molar-refractivity contribution in [1.29, 1.82) is 0 Å². The number of halogens is 2. The molecule has 0 saturated heterocycles. The quantitative estimate of drug-likeness (QED) is 0.932. The highest BCUT2D eigenvalue weighted by Gasteiger charge is 2.06. The molecular formula is C10H11Cl2N5. The lowest BCUT2D eigenvalue weighted by Crippen LogP contribution is -2.03. The van der Waals surface area contributed by atoms with E-state index in [1.807, 2.05) is 13.0 Å². The lowest BCUT2D eigenvalue weighted by atomic mass is 10.2. The monoisotopic (exact) mass is 271 g/mol. The first-order chi connectivity index (χ1) is 8.06. The van der Waals surface area contributed by atoms with Crippen LogP contribution >= 0.6 is 23.2 Å². The molecule has 0 unspecified atom stereocenters. The number of aromatic nitrogens is 4. The van der Waals surface area contributed by atoms with Crippen LogP contribution in [0.4, 0.5) is 5.69 Å². The molecule has 5 nitrogen and oxygen atoms in total. The van der Waals surface area contributed by atoms with Crippen LogP contribution in [0.1, 0.15) is 11.4 Å². The molecule has 0 aliphatic rings. The third kappa shape index (κ3) is 2.87. The summed E-state index contributed by atoms with van der Waals surface area (Å²) in [7, 11) is 1.71. The van der Waals surface area contributed by atoms with Gasteiger partial charge in [0.05, 0.1) is 24.3 Å². The number of hydrogen-bond acceptors (Lipinski definition) is 4. The van der Waals surface area contributed by atoms with Gasteiger partial charge in [0, 0.05) is 5.02 Å². The van der Waals surface area contributed by atoms with Gasteiger partial charge < -0.3 is 5.32 Å². The minimum atomic E-state index is 0.451. The normalized spacial score (nSPS) is 10.6. The number of anilines is 1. The molecule has 2 rings (SSSR count). The summed E-state index contributed by atoms with van der Waals surface area (Å²) in [5.41, 5.74) is 1.70. The Kier molecular flexibility index (Phi) is 3.49. The third-order valence-electron chi connectivity index (χ3n) is 2.24. The summed E-state index contributed by atoms with van der Waals surface area (Å²) < 4.78 is 0. The highest BCUT2D eigenvalue weighted by molar-refractivity contribution is 6.35. The molecule has 0 fully saturated rings. The van der Waals surface area contributed by atoms with Gasteiger partial charge in [-0.3, -0.25) is 0 Å². The molecule has 2 aromatic rings. The van der Waals surface area contributed by atoms with E-state index >= 15 is 0 Å². The molecule has 7 heteroatoms. The Bertz CT molecular complexity index is 537. The molecule has 0 amide bonds. The lowest BCUT2D eigenvalue weighted by molar-refractivity contribution is 0.628. The molecule has 90 valence electrons. The van der Waals surface area contributed by atoms with Crippen molar-refractivity contribution in [2.75, 3.05) is 5.32 Å². The van der Waals surface area contributed by atoms with E-state index in [9.17, 15) is 0 Å². The van der Waals surface area contributed by atoms with E-state index in [1.165, 1.54) is 4.80 Å². The lowest BCUT2D eigenvalue weighted by Gasteiger charge is -2.08. The second-order valence-corrected chi connectivity index (χ2v) is 4.44. The number of tetrazole rings is 1. The molecule has 0 atom stereocenters. The van der Waals surface area contributed by atoms with Crippen LogP contribution < -0.4 is 5.32 Å². The molecule has 0 radical (unpaired) electrons. The predicted octanol–water partition coefficient (Wildman–Crippen LogP) is 2.44. The number of aryl methyl sites for hydroxylation is 2. The summed E-state index contributed by atoms with van der Waals surface area (Å²) in [4.78, 5) is 1.40. The number of nitrogens with zero attached hydrogens (tertiary/aromatic N) is 4. The topological polar surface area (TPSA) is 55.6 Å². The fourth-order valence-electron chi connectivity index (χ4n) is 1.35. The molecule has 1 aromatic heterocycles. The highest BCUT2D eigenvalue weighted by Crippen LogP contribution is 2.28. The summed E-state index contributed by atoms with van der Waals surface area (Å²) in [6.07, 6.45) is 0. The minimum absolute atomic E-state index is 0.451. The molecule has 1 aromatic carbocycles. The first-order valence-corrected chi connectivity index (χ1v) is 5.74. The van der Waals surface area contributed by atoms with Crippen LogP contribution in [0.2, 0.25) is 10.0 Å². The van der Waals surface area contributed by atoms with E-state index < -0.39 is 0 Å². The number of benzene rings is 1. The van der Waals surface area contributed by atoms with Crippen LogP contribution in [0.3, 0.4) is 0 Å². The van der Waals surface area contributed by atoms with Gasteiger partial charge in [-0.25, -0.2) is 0 Å². The highest BCUT2D eigenvalue weighted by atomic mass is 35.5. The second kappa shape index (κ2) is 4.89. The van der Waals surface area contributed by atoms with Crippen molar-refractivity contribution in [2.45, 2.75) is 13.5 Å². The van der Waals surface area contributed by atoms with Gasteiger partial charge in [0.15, 0.2) is 5.82 Å². The van der Waals surface area contributed by atoms with Crippen molar-refractivity contribution < 1.29 is 0 Å². The summed E-state index contributed by atoms with van der Waals surface area (Å²) in [5.74, 6) is 0.597. The predicted molar refractivity (Wildman–Crippen MR) is 67.3 cm³/mol. The van der Waals surface area contributed by atoms with Crippen molar-refractivity contribution in [2.24, 2.45) is 7.05 Å². The van der Waals surface area contributed by atoms with Gasteiger partial charge in [0.25, 0.3) is 0 Å². The van der Waals surface area contributed by atoms with Gasteiger partial charge in [0.1, 0.15) is 0 Å². The van der Waals surface area contributed by atoms with Gasteiger partial charge in [-0.2, -0.15) is 4.80 Å². The number of hydrogen-bond donors (Lipinski definition) is 1. The standard InChI is InChI=1S/C10H11Cl2N5/c1-6-3-8(12)9(4-7(6)11)13-5-10-14-16-17(2)15-10/h3-4,13H,5H2,1-2H3. The Morgan fingerprint density at radius 1 is 1.29 bits per heavy atom. The van der Waals surface area contributed by atoms with Crippen LogP contribution in [0.5, 0.6) is 0 Å². The van der Waals surface area contributed by atoms with E-state index in [1.54, 1.807) is 13.1 Å². The zero-order chi connectivity index (χ0) is 12.4. The molecule has 1 N–H and O–H groups in total. The minimum Gasteiger partial charge on any atom is -0.376 e. The van der Waals surface area contributed by atoms with E-state index in [0.717, 1.165) is 11.3 Å². The molecular weight excluding hydrogens is 261 g/mol. The SMILES string of the molecule is Cc1cc(Cl)c(NCc2nnn(C)n2)cc1Cl. The second-order valence-electron chi connectivity index (χ2n) is 3.63. The Balaban J connectivity index is 2.11. The molecule has 0 spiro atoms. The molecule has 0 aliphatic carbocycles. The first-order valence-electron chi connectivity index (χ1n) is 4.98. The first kappa shape index (κ1) is 12.1. The van der Waals surface area contributed by atoms with Crippen LogP contribution in [0.25, 0.3) is 0 Å². The van der Waals surface area contributed by atoms with Gasteiger partial charge >= 0.3 is 0 Å². The van der Waals surface area contributed by atoms with Gasteiger partial charge in [-0.15, -0.1) is 10.2 Å². The summed E-state index contributed by atoms with van der Waals surface area (Å²) in [6.45, 7) is 2.36. The zero-order valence-electron chi connectivity index (χ0n) is 9.41. The maximum absolute atomic E-state index is 6.09. The fraction of sp³-hybridized carbons (Fsp3) is 0.300. The van der Waals surface area contributed by atoms with Gasteiger partial charge in [-0.1, -0.05) is 23.2 Å². The van der Waals surface area contributed by atoms with Crippen molar-refractivity contribution in [1.82, 2.24) is 20.2 Å². The van der Waals surface area contributed by atoms with Crippen molar-refractivity contribution >= 4 is 28.9 Å². The number of rotatable bonds is 3. The largest absolute Gasteiger partial charge is 0.376 e. The average molecular weight is 272 g/mol. The number of nitrogens with one attached hydrogen (secondary N) is 1. The molecule has 0 aliphatic heterocycles. The summed E-state index contributed by atoms with van der Waals surface area (Å²) >= 11 is 12.1. The zero-order valence-corrected chi connectivity index (χ0v) is 10.9. The maximum atomic E-state index is 6.09. The Labute approximate surface area is 109 Å². The molecule has 17 heavy (non-hydrogen) atoms. The Morgan fingerprint density at radius 2 is 2.06 bits per heavy atom. The third-order valence-corrected chi connectivity index (χ3v) is 2.95. The smallest absolute Gasteiger partial charge is 0.193 e. The molecule has 0 bridgehead atoms. The fourth-order valence-corrected chi connectivity index (χ4v) is 1.80. The van der Waals surface area contributed by atoms with Crippen molar-refractivity contribution in [3.63, 3.8) is 0 Å².